The first-order valence-corrected chi connectivity index (χ1v) is 9.17. The van der Waals surface area contributed by atoms with Gasteiger partial charge in [-0.05, 0) is 29.3 Å². The van der Waals surface area contributed by atoms with Crippen LogP contribution in [-0.4, -0.2) is 15.9 Å². The van der Waals surface area contributed by atoms with E-state index < -0.39 is 0 Å². The number of hydrogen-bond donors (Lipinski definition) is 0. The van der Waals surface area contributed by atoms with E-state index in [1.54, 1.807) is 18.6 Å². The maximum atomic E-state index is 13.2. The predicted molar refractivity (Wildman–Crippen MR) is 109 cm³/mol. The number of fused-ring (bicyclic) bond motifs is 1. The molecule has 0 aliphatic carbocycles. The highest BCUT2D eigenvalue weighted by Gasteiger charge is 2.38. The van der Waals surface area contributed by atoms with E-state index in [9.17, 15) is 4.79 Å². The van der Waals surface area contributed by atoms with Crippen molar-refractivity contribution in [2.75, 3.05) is 4.90 Å². The van der Waals surface area contributed by atoms with Crippen LogP contribution in [0.25, 0.3) is 11.3 Å². The van der Waals surface area contributed by atoms with Crippen LogP contribution in [0, 0.1) is 0 Å². The Kier molecular flexibility index (Phi) is 3.95. The molecule has 3 aromatic carbocycles. The maximum absolute atomic E-state index is 13.2. The largest absolute Gasteiger partial charge is 0.297 e. The summed E-state index contributed by atoms with van der Waals surface area (Å²) < 4.78 is 0. The fourth-order valence-corrected chi connectivity index (χ4v) is 3.78. The molecule has 28 heavy (non-hydrogen) atoms. The van der Waals surface area contributed by atoms with Gasteiger partial charge in [0.1, 0.15) is 0 Å². The second-order valence-corrected chi connectivity index (χ2v) is 6.71. The number of benzene rings is 3. The summed E-state index contributed by atoms with van der Waals surface area (Å²) in [5.41, 5.74) is 5.58. The van der Waals surface area contributed by atoms with Gasteiger partial charge in [-0.2, -0.15) is 0 Å². The molecule has 0 saturated heterocycles. The minimum Gasteiger partial charge on any atom is -0.297 e. The van der Waals surface area contributed by atoms with Crippen molar-refractivity contribution in [3.05, 3.63) is 114 Å². The summed E-state index contributed by atoms with van der Waals surface area (Å²) in [6.07, 6.45) is 5.10. The standard InChI is InChI=1S/C24H17N3O/c28-24-21-9-5-4-8-20(21)23(27(24)19-6-2-1-3-7-19)18-12-10-17(11-13-18)22-16-25-14-15-26-22/h1-16,23H. The summed E-state index contributed by atoms with van der Waals surface area (Å²) in [6, 6.07) is 25.7. The van der Waals surface area contributed by atoms with Gasteiger partial charge in [-0.1, -0.05) is 60.7 Å². The first-order chi connectivity index (χ1) is 13.8. The number of hydrogen-bond acceptors (Lipinski definition) is 3. The van der Waals surface area contributed by atoms with E-state index in [0.717, 1.165) is 33.6 Å². The van der Waals surface area contributed by atoms with E-state index in [-0.39, 0.29) is 11.9 Å². The zero-order valence-corrected chi connectivity index (χ0v) is 15.1. The molecule has 1 aliphatic heterocycles. The number of amides is 1. The lowest BCUT2D eigenvalue weighted by molar-refractivity contribution is 0.0993. The normalized spacial score (nSPS) is 15.5. The van der Waals surface area contributed by atoms with Crippen LogP contribution in [0.3, 0.4) is 0 Å². The van der Waals surface area contributed by atoms with Gasteiger partial charge in [0.2, 0.25) is 0 Å². The highest BCUT2D eigenvalue weighted by Crippen LogP contribution is 2.41. The zero-order chi connectivity index (χ0) is 18.9. The molecule has 0 bridgehead atoms. The molecular weight excluding hydrogens is 346 g/mol. The molecule has 1 amide bonds. The highest BCUT2D eigenvalue weighted by atomic mass is 16.2. The van der Waals surface area contributed by atoms with Gasteiger partial charge in [0.05, 0.1) is 17.9 Å². The van der Waals surface area contributed by atoms with Crippen molar-refractivity contribution in [1.29, 1.82) is 0 Å². The Labute approximate surface area is 163 Å². The van der Waals surface area contributed by atoms with Gasteiger partial charge >= 0.3 is 0 Å². The highest BCUT2D eigenvalue weighted by molar-refractivity contribution is 6.11. The molecule has 4 heteroatoms. The van der Waals surface area contributed by atoms with Crippen LogP contribution < -0.4 is 4.90 Å². The molecule has 0 radical (unpaired) electrons. The summed E-state index contributed by atoms with van der Waals surface area (Å²) in [5.74, 6) is 0.0322. The van der Waals surface area contributed by atoms with Crippen molar-refractivity contribution in [1.82, 2.24) is 9.97 Å². The van der Waals surface area contributed by atoms with E-state index in [0.29, 0.717) is 0 Å². The summed E-state index contributed by atoms with van der Waals surface area (Å²) >= 11 is 0. The Balaban J connectivity index is 1.61. The molecule has 4 nitrogen and oxygen atoms in total. The monoisotopic (exact) mass is 363 g/mol. The average Bonchev–Trinajstić information content (AvgIpc) is 3.08. The molecule has 134 valence electrons. The van der Waals surface area contributed by atoms with E-state index in [2.05, 4.69) is 22.1 Å². The van der Waals surface area contributed by atoms with E-state index in [4.69, 9.17) is 0 Å². The van der Waals surface area contributed by atoms with Crippen molar-refractivity contribution in [2.45, 2.75) is 6.04 Å². The van der Waals surface area contributed by atoms with Crippen molar-refractivity contribution in [3.63, 3.8) is 0 Å². The number of carbonyl (C=O) groups is 1. The molecule has 1 aliphatic rings. The van der Waals surface area contributed by atoms with Crippen molar-refractivity contribution in [2.24, 2.45) is 0 Å². The molecule has 0 spiro atoms. The Morgan fingerprint density at radius 1 is 0.786 bits per heavy atom. The summed E-state index contributed by atoms with van der Waals surface area (Å²) in [6.45, 7) is 0. The minimum atomic E-state index is -0.151. The van der Waals surface area contributed by atoms with Gasteiger partial charge in [0, 0.05) is 29.2 Å². The van der Waals surface area contributed by atoms with Crippen LogP contribution in [0.4, 0.5) is 5.69 Å². The number of rotatable bonds is 3. The first kappa shape index (κ1) is 16.4. The Bertz CT molecular complexity index is 1130. The van der Waals surface area contributed by atoms with Gasteiger partial charge in [0.15, 0.2) is 0 Å². The molecule has 0 saturated carbocycles. The fraction of sp³-hybridized carbons (Fsp3) is 0.0417. The number of carbonyl (C=O) groups excluding carboxylic acids is 1. The molecule has 1 aromatic heterocycles. The molecule has 4 aromatic rings. The molecule has 5 rings (SSSR count). The summed E-state index contributed by atoms with van der Waals surface area (Å²) in [7, 11) is 0. The number of anilines is 1. The molecular formula is C24H17N3O. The topological polar surface area (TPSA) is 46.1 Å². The Hall–Kier alpha value is -3.79. The third-order valence-corrected chi connectivity index (χ3v) is 5.08. The van der Waals surface area contributed by atoms with Crippen LogP contribution in [0.2, 0.25) is 0 Å². The van der Waals surface area contributed by atoms with Crippen LogP contribution in [-0.2, 0) is 0 Å². The Morgan fingerprint density at radius 3 is 2.29 bits per heavy atom. The number of nitrogens with zero attached hydrogens (tertiary/aromatic N) is 3. The van der Waals surface area contributed by atoms with Gasteiger partial charge in [-0.15, -0.1) is 0 Å². The van der Waals surface area contributed by atoms with Gasteiger partial charge in [-0.3, -0.25) is 19.7 Å². The first-order valence-electron chi connectivity index (χ1n) is 9.17. The van der Waals surface area contributed by atoms with Gasteiger partial charge in [-0.25, -0.2) is 0 Å². The van der Waals surface area contributed by atoms with Crippen LogP contribution in [0.1, 0.15) is 27.5 Å². The van der Waals surface area contributed by atoms with Gasteiger partial charge in [0.25, 0.3) is 5.91 Å². The van der Waals surface area contributed by atoms with Crippen molar-refractivity contribution >= 4 is 11.6 Å². The third kappa shape index (κ3) is 2.67. The van der Waals surface area contributed by atoms with E-state index >= 15 is 0 Å². The summed E-state index contributed by atoms with van der Waals surface area (Å²) in [5, 5.41) is 0. The van der Waals surface area contributed by atoms with Crippen LogP contribution >= 0.6 is 0 Å². The SMILES string of the molecule is O=C1c2ccccc2C(c2ccc(-c3cnccn3)cc2)N1c1ccccc1. The van der Waals surface area contributed by atoms with Crippen molar-refractivity contribution in [3.8, 4) is 11.3 Å². The molecule has 0 fully saturated rings. The second kappa shape index (κ2) is 6.74. The number of aromatic nitrogens is 2. The lowest BCUT2D eigenvalue weighted by Gasteiger charge is -2.26. The lowest BCUT2D eigenvalue weighted by Crippen LogP contribution is -2.28. The molecule has 1 atom stereocenters. The van der Waals surface area contributed by atoms with E-state index in [1.165, 1.54) is 0 Å². The quantitative estimate of drug-likeness (QED) is 0.520. The fourth-order valence-electron chi connectivity index (χ4n) is 3.78. The van der Waals surface area contributed by atoms with Crippen molar-refractivity contribution < 1.29 is 4.79 Å². The lowest BCUT2D eigenvalue weighted by atomic mass is 9.96. The Morgan fingerprint density at radius 2 is 1.54 bits per heavy atom. The molecule has 0 N–H and O–H groups in total. The minimum absolute atomic E-state index is 0.0322. The summed E-state index contributed by atoms with van der Waals surface area (Å²) in [4.78, 5) is 23.6. The average molecular weight is 363 g/mol. The van der Waals surface area contributed by atoms with Crippen LogP contribution in [0.15, 0.2) is 97.5 Å². The second-order valence-electron chi connectivity index (χ2n) is 6.71. The molecule has 2 heterocycles. The van der Waals surface area contributed by atoms with Crippen LogP contribution in [0.5, 0.6) is 0 Å². The number of para-hydroxylation sites is 1. The zero-order valence-electron chi connectivity index (χ0n) is 15.1. The smallest absolute Gasteiger partial charge is 0.259 e. The maximum Gasteiger partial charge on any atom is 0.259 e. The van der Waals surface area contributed by atoms with E-state index in [1.807, 2.05) is 71.6 Å². The third-order valence-electron chi connectivity index (χ3n) is 5.08. The van der Waals surface area contributed by atoms with Gasteiger partial charge < -0.3 is 0 Å². The molecule has 1 unspecified atom stereocenters. The predicted octanol–water partition coefficient (Wildman–Crippen LogP) is 4.89.